The number of hydrogen-bond donors (Lipinski definition) is 1. The molecule has 0 aliphatic carbocycles. The molecular formula is C18H19N3. The SMILES string of the molecule is Cc1cnc(N(C)C)c2cccc(Nc3ccccc3)c12. The molecule has 0 fully saturated rings. The van der Waals surface area contributed by atoms with Crippen molar-refractivity contribution in [1.82, 2.24) is 4.98 Å². The minimum Gasteiger partial charge on any atom is -0.362 e. The van der Waals surface area contributed by atoms with Gasteiger partial charge in [0.15, 0.2) is 0 Å². The van der Waals surface area contributed by atoms with Gasteiger partial charge >= 0.3 is 0 Å². The molecule has 0 aliphatic rings. The molecule has 1 N–H and O–H groups in total. The molecule has 0 saturated carbocycles. The van der Waals surface area contributed by atoms with Gasteiger partial charge in [-0.05, 0) is 30.7 Å². The molecule has 0 saturated heterocycles. The van der Waals surface area contributed by atoms with Crippen LogP contribution in [0.2, 0.25) is 0 Å². The highest BCUT2D eigenvalue weighted by Crippen LogP contribution is 2.33. The van der Waals surface area contributed by atoms with Crippen molar-refractivity contribution >= 4 is 28.0 Å². The highest BCUT2D eigenvalue weighted by molar-refractivity contribution is 6.03. The third-order valence-electron chi connectivity index (χ3n) is 3.56. The number of para-hydroxylation sites is 1. The Labute approximate surface area is 125 Å². The number of aryl methyl sites for hydroxylation is 1. The molecule has 1 aromatic heterocycles. The van der Waals surface area contributed by atoms with E-state index in [0.29, 0.717) is 0 Å². The molecule has 3 heteroatoms. The molecule has 3 nitrogen and oxygen atoms in total. The fraction of sp³-hybridized carbons (Fsp3) is 0.167. The molecule has 0 unspecified atom stereocenters. The van der Waals surface area contributed by atoms with Gasteiger partial charge in [-0.2, -0.15) is 0 Å². The first-order valence-corrected chi connectivity index (χ1v) is 7.04. The van der Waals surface area contributed by atoms with Crippen LogP contribution >= 0.6 is 0 Å². The summed E-state index contributed by atoms with van der Waals surface area (Å²) in [5.74, 6) is 0.993. The second-order valence-corrected chi connectivity index (χ2v) is 5.38. The van der Waals surface area contributed by atoms with Crippen LogP contribution in [0, 0.1) is 6.92 Å². The third-order valence-corrected chi connectivity index (χ3v) is 3.56. The zero-order chi connectivity index (χ0) is 14.8. The normalized spacial score (nSPS) is 10.6. The van der Waals surface area contributed by atoms with Gasteiger partial charge in [-0.25, -0.2) is 4.98 Å². The van der Waals surface area contributed by atoms with Crippen LogP contribution in [-0.2, 0) is 0 Å². The molecule has 21 heavy (non-hydrogen) atoms. The standard InChI is InChI=1S/C18H19N3/c1-13-12-19-18(21(2)3)15-10-7-11-16(17(13)15)20-14-8-5-4-6-9-14/h4-12,20H,1-3H3. The van der Waals surface area contributed by atoms with Gasteiger partial charge in [0.25, 0.3) is 0 Å². The van der Waals surface area contributed by atoms with E-state index in [-0.39, 0.29) is 0 Å². The van der Waals surface area contributed by atoms with E-state index >= 15 is 0 Å². The number of aromatic nitrogens is 1. The Morgan fingerprint density at radius 1 is 0.952 bits per heavy atom. The number of rotatable bonds is 3. The average Bonchev–Trinajstić information content (AvgIpc) is 2.48. The van der Waals surface area contributed by atoms with Crippen molar-refractivity contribution < 1.29 is 0 Å². The van der Waals surface area contributed by atoms with Crippen molar-refractivity contribution in [2.45, 2.75) is 6.92 Å². The quantitative estimate of drug-likeness (QED) is 0.771. The summed E-state index contributed by atoms with van der Waals surface area (Å²) in [6.07, 6.45) is 1.94. The predicted molar refractivity (Wildman–Crippen MR) is 90.5 cm³/mol. The molecule has 0 aliphatic heterocycles. The topological polar surface area (TPSA) is 28.2 Å². The van der Waals surface area contributed by atoms with Gasteiger partial charge in [-0.1, -0.05) is 30.3 Å². The maximum atomic E-state index is 4.55. The van der Waals surface area contributed by atoms with E-state index in [9.17, 15) is 0 Å². The molecule has 3 aromatic rings. The number of hydrogen-bond acceptors (Lipinski definition) is 3. The van der Waals surface area contributed by atoms with Gasteiger partial charge in [0.05, 0.1) is 0 Å². The monoisotopic (exact) mass is 277 g/mol. The molecule has 3 rings (SSSR count). The van der Waals surface area contributed by atoms with Gasteiger partial charge in [-0.3, -0.25) is 0 Å². The molecule has 106 valence electrons. The summed E-state index contributed by atoms with van der Waals surface area (Å²) in [5.41, 5.74) is 3.38. The number of pyridine rings is 1. The fourth-order valence-electron chi connectivity index (χ4n) is 2.59. The third kappa shape index (κ3) is 2.55. The van der Waals surface area contributed by atoms with Gasteiger partial charge in [0.2, 0.25) is 0 Å². The second-order valence-electron chi connectivity index (χ2n) is 5.38. The van der Waals surface area contributed by atoms with Crippen LogP contribution in [0.15, 0.2) is 54.7 Å². The number of fused-ring (bicyclic) bond motifs is 1. The van der Waals surface area contributed by atoms with Crippen LogP contribution in [0.5, 0.6) is 0 Å². The Bertz CT molecular complexity index is 764. The summed E-state index contributed by atoms with van der Waals surface area (Å²) < 4.78 is 0. The first-order chi connectivity index (χ1) is 10.2. The van der Waals surface area contributed by atoms with E-state index in [1.54, 1.807) is 0 Å². The molecule has 0 atom stereocenters. The van der Waals surface area contributed by atoms with Crippen molar-refractivity contribution in [3.05, 3.63) is 60.3 Å². The number of anilines is 3. The maximum Gasteiger partial charge on any atom is 0.135 e. The molecule has 0 spiro atoms. The van der Waals surface area contributed by atoms with Gasteiger partial charge < -0.3 is 10.2 Å². The lowest BCUT2D eigenvalue weighted by atomic mass is 10.1. The molecule has 1 heterocycles. The zero-order valence-corrected chi connectivity index (χ0v) is 12.6. The largest absolute Gasteiger partial charge is 0.362 e. The first-order valence-electron chi connectivity index (χ1n) is 7.04. The van der Waals surface area contributed by atoms with E-state index in [4.69, 9.17) is 0 Å². The van der Waals surface area contributed by atoms with Crippen LogP contribution in [-0.4, -0.2) is 19.1 Å². The Morgan fingerprint density at radius 2 is 1.71 bits per heavy atom. The second kappa shape index (κ2) is 5.44. The van der Waals surface area contributed by atoms with Crippen LogP contribution in [0.4, 0.5) is 17.2 Å². The number of nitrogens with zero attached hydrogens (tertiary/aromatic N) is 2. The van der Waals surface area contributed by atoms with Crippen LogP contribution < -0.4 is 10.2 Å². The molecule has 0 radical (unpaired) electrons. The minimum atomic E-state index is 0.993. The number of nitrogens with one attached hydrogen (secondary N) is 1. The molecule has 2 aromatic carbocycles. The van der Waals surface area contributed by atoms with E-state index in [2.05, 4.69) is 47.6 Å². The number of benzene rings is 2. The molecule has 0 bridgehead atoms. The van der Waals surface area contributed by atoms with Gasteiger partial charge in [-0.15, -0.1) is 0 Å². The van der Waals surface area contributed by atoms with E-state index in [0.717, 1.165) is 17.2 Å². The van der Waals surface area contributed by atoms with Crippen LogP contribution in [0.25, 0.3) is 10.8 Å². The summed E-state index contributed by atoms with van der Waals surface area (Å²) in [6.45, 7) is 2.10. The van der Waals surface area contributed by atoms with Crippen molar-refractivity contribution in [3.8, 4) is 0 Å². The average molecular weight is 277 g/mol. The predicted octanol–water partition coefficient (Wildman–Crippen LogP) is 4.35. The maximum absolute atomic E-state index is 4.55. The van der Waals surface area contributed by atoms with E-state index in [1.807, 2.05) is 43.4 Å². The summed E-state index contributed by atoms with van der Waals surface area (Å²) in [7, 11) is 4.04. The fourth-order valence-corrected chi connectivity index (χ4v) is 2.59. The van der Waals surface area contributed by atoms with Crippen molar-refractivity contribution in [3.63, 3.8) is 0 Å². The Morgan fingerprint density at radius 3 is 2.43 bits per heavy atom. The highest BCUT2D eigenvalue weighted by atomic mass is 15.1. The van der Waals surface area contributed by atoms with Crippen molar-refractivity contribution in [2.24, 2.45) is 0 Å². The zero-order valence-electron chi connectivity index (χ0n) is 12.6. The van der Waals surface area contributed by atoms with E-state index in [1.165, 1.54) is 16.3 Å². The summed E-state index contributed by atoms with van der Waals surface area (Å²) in [6, 6.07) is 16.5. The van der Waals surface area contributed by atoms with E-state index < -0.39 is 0 Å². The minimum absolute atomic E-state index is 0.993. The summed E-state index contributed by atoms with van der Waals surface area (Å²) in [5, 5.41) is 5.90. The van der Waals surface area contributed by atoms with Crippen molar-refractivity contribution in [1.29, 1.82) is 0 Å². The Hall–Kier alpha value is -2.55. The Kier molecular flexibility index (Phi) is 3.48. The Balaban J connectivity index is 2.18. The van der Waals surface area contributed by atoms with Crippen LogP contribution in [0.3, 0.4) is 0 Å². The molecule has 0 amide bonds. The summed E-state index contributed by atoms with van der Waals surface area (Å²) >= 11 is 0. The smallest absolute Gasteiger partial charge is 0.135 e. The lowest BCUT2D eigenvalue weighted by Crippen LogP contribution is -2.11. The molecular weight excluding hydrogens is 258 g/mol. The highest BCUT2D eigenvalue weighted by Gasteiger charge is 2.10. The van der Waals surface area contributed by atoms with Gasteiger partial charge in [0.1, 0.15) is 5.82 Å². The first kappa shape index (κ1) is 13.4. The summed E-state index contributed by atoms with van der Waals surface area (Å²) in [4.78, 5) is 6.60. The van der Waals surface area contributed by atoms with Crippen molar-refractivity contribution in [2.75, 3.05) is 24.3 Å². The van der Waals surface area contributed by atoms with Gasteiger partial charge in [0, 0.05) is 42.4 Å². The lowest BCUT2D eigenvalue weighted by molar-refractivity contribution is 1.08. The lowest BCUT2D eigenvalue weighted by Gasteiger charge is -2.18. The van der Waals surface area contributed by atoms with Crippen LogP contribution in [0.1, 0.15) is 5.56 Å².